The zero-order chi connectivity index (χ0) is 18.2. The Morgan fingerprint density at radius 1 is 0.840 bits per heavy atom. The maximum Gasteiger partial charge on any atom is 0.269 e. The predicted molar refractivity (Wildman–Crippen MR) is 109 cm³/mol. The quantitative estimate of drug-likeness (QED) is 0.286. The third kappa shape index (κ3) is 11.5. The van der Waals surface area contributed by atoms with Crippen molar-refractivity contribution in [2.45, 2.75) is 71.1 Å². The Kier molecular flexibility index (Phi) is 12.6. The second-order valence-electron chi connectivity index (χ2n) is 6.38. The highest BCUT2D eigenvalue weighted by Gasteiger charge is 2.03. The van der Waals surface area contributed by atoms with Gasteiger partial charge in [0.25, 0.3) is 5.91 Å². The first-order valence-corrected chi connectivity index (χ1v) is 10.0. The number of thiocarbonyl (C=S) groups is 1. The lowest BCUT2D eigenvalue weighted by atomic mass is 10.1. The molecule has 0 aliphatic heterocycles. The molecule has 0 spiro atoms. The molecule has 1 amide bonds. The zero-order valence-corrected chi connectivity index (χ0v) is 16.3. The van der Waals surface area contributed by atoms with Crippen LogP contribution in [0.1, 0.15) is 81.5 Å². The van der Waals surface area contributed by atoms with Gasteiger partial charge in [0.2, 0.25) is 0 Å². The molecule has 0 aliphatic carbocycles. The first kappa shape index (κ1) is 21.4. The fourth-order valence-corrected chi connectivity index (χ4v) is 2.79. The van der Waals surface area contributed by atoms with Crippen LogP contribution in [0.2, 0.25) is 0 Å². The molecule has 1 aromatic rings. The summed E-state index contributed by atoms with van der Waals surface area (Å²) in [5.41, 5.74) is 5.94. The van der Waals surface area contributed by atoms with Crippen LogP contribution in [0.3, 0.4) is 0 Å². The normalized spacial score (nSPS) is 10.3. The van der Waals surface area contributed by atoms with Crippen LogP contribution in [0.15, 0.2) is 30.3 Å². The number of rotatable bonds is 12. The smallest absolute Gasteiger partial charge is 0.269 e. The second-order valence-corrected chi connectivity index (χ2v) is 6.79. The topological polar surface area (TPSA) is 53.2 Å². The van der Waals surface area contributed by atoms with Crippen LogP contribution < -0.4 is 16.2 Å². The summed E-state index contributed by atoms with van der Waals surface area (Å²) in [7, 11) is 0. The van der Waals surface area contributed by atoms with Gasteiger partial charge in [0, 0.05) is 12.1 Å². The molecule has 0 atom stereocenters. The van der Waals surface area contributed by atoms with Gasteiger partial charge in [-0.1, -0.05) is 82.9 Å². The minimum Gasteiger partial charge on any atom is -0.361 e. The zero-order valence-electron chi connectivity index (χ0n) is 15.5. The van der Waals surface area contributed by atoms with Crippen molar-refractivity contribution in [2.75, 3.05) is 6.54 Å². The van der Waals surface area contributed by atoms with Crippen molar-refractivity contribution in [3.8, 4) is 0 Å². The summed E-state index contributed by atoms with van der Waals surface area (Å²) in [6.07, 6.45) is 13.2. The van der Waals surface area contributed by atoms with Gasteiger partial charge in [-0.2, -0.15) is 0 Å². The first-order chi connectivity index (χ1) is 12.2. The molecule has 140 valence electrons. The van der Waals surface area contributed by atoms with E-state index >= 15 is 0 Å². The van der Waals surface area contributed by atoms with Gasteiger partial charge in [0.15, 0.2) is 5.11 Å². The lowest BCUT2D eigenvalue weighted by molar-refractivity contribution is 0.0943. The van der Waals surface area contributed by atoms with Crippen molar-refractivity contribution < 1.29 is 4.79 Å². The van der Waals surface area contributed by atoms with Crippen molar-refractivity contribution in [3.63, 3.8) is 0 Å². The summed E-state index contributed by atoms with van der Waals surface area (Å²) in [6.45, 7) is 3.09. The molecular weight excluding hydrogens is 330 g/mol. The lowest BCUT2D eigenvalue weighted by Crippen LogP contribution is -2.46. The maximum atomic E-state index is 11.8. The molecule has 0 saturated heterocycles. The molecular formula is C20H33N3OS. The Morgan fingerprint density at radius 2 is 1.40 bits per heavy atom. The van der Waals surface area contributed by atoms with E-state index in [0.29, 0.717) is 10.7 Å². The standard InChI is InChI=1S/C20H33N3OS/c1-2-3-4-5-6-7-8-9-10-14-17-21-20(25)23-22-19(24)18-15-12-11-13-16-18/h11-13,15-16H,2-10,14,17H2,1H3,(H,22,24)(H2,21,23,25). The number of hydrazine groups is 1. The number of amides is 1. The molecule has 3 N–H and O–H groups in total. The molecule has 0 saturated carbocycles. The highest BCUT2D eigenvalue weighted by Crippen LogP contribution is 2.10. The van der Waals surface area contributed by atoms with Gasteiger partial charge in [0.1, 0.15) is 0 Å². The van der Waals surface area contributed by atoms with E-state index in [2.05, 4.69) is 23.1 Å². The Hall–Kier alpha value is -1.62. The highest BCUT2D eigenvalue weighted by molar-refractivity contribution is 7.80. The van der Waals surface area contributed by atoms with E-state index in [9.17, 15) is 4.79 Å². The van der Waals surface area contributed by atoms with Gasteiger partial charge in [-0.25, -0.2) is 0 Å². The van der Waals surface area contributed by atoms with Crippen molar-refractivity contribution in [1.82, 2.24) is 16.2 Å². The van der Waals surface area contributed by atoms with Crippen LogP contribution in [0.4, 0.5) is 0 Å². The minimum atomic E-state index is -0.191. The molecule has 0 unspecified atom stereocenters. The second kappa shape index (κ2) is 14.7. The average Bonchev–Trinajstić information content (AvgIpc) is 2.65. The van der Waals surface area contributed by atoms with Crippen LogP contribution in [-0.4, -0.2) is 17.6 Å². The van der Waals surface area contributed by atoms with Crippen LogP contribution in [0.25, 0.3) is 0 Å². The summed E-state index contributed by atoms with van der Waals surface area (Å²) in [4.78, 5) is 11.8. The molecule has 0 aliphatic rings. The van der Waals surface area contributed by atoms with Gasteiger partial charge in [0.05, 0.1) is 0 Å². The molecule has 0 heterocycles. The summed E-state index contributed by atoms with van der Waals surface area (Å²) < 4.78 is 0. The third-order valence-electron chi connectivity index (χ3n) is 4.14. The SMILES string of the molecule is CCCCCCCCCCCCNC(=S)NNC(=O)c1ccccc1. The molecule has 25 heavy (non-hydrogen) atoms. The number of carbonyl (C=O) groups is 1. The molecule has 0 fully saturated rings. The van der Waals surface area contributed by atoms with Crippen molar-refractivity contribution in [1.29, 1.82) is 0 Å². The van der Waals surface area contributed by atoms with Gasteiger partial charge in [-0.05, 0) is 30.8 Å². The van der Waals surface area contributed by atoms with E-state index in [0.717, 1.165) is 13.0 Å². The van der Waals surface area contributed by atoms with Gasteiger partial charge in [-0.3, -0.25) is 15.6 Å². The van der Waals surface area contributed by atoms with Gasteiger partial charge >= 0.3 is 0 Å². The Morgan fingerprint density at radius 3 is 2.00 bits per heavy atom. The Balaban J connectivity index is 1.91. The van der Waals surface area contributed by atoms with E-state index in [1.807, 2.05) is 18.2 Å². The molecule has 0 radical (unpaired) electrons. The first-order valence-electron chi connectivity index (χ1n) is 9.63. The van der Waals surface area contributed by atoms with Crippen molar-refractivity contribution in [3.05, 3.63) is 35.9 Å². The van der Waals surface area contributed by atoms with E-state index < -0.39 is 0 Å². The number of unbranched alkanes of at least 4 members (excludes halogenated alkanes) is 9. The van der Waals surface area contributed by atoms with Crippen molar-refractivity contribution in [2.24, 2.45) is 0 Å². The maximum absolute atomic E-state index is 11.8. The van der Waals surface area contributed by atoms with Gasteiger partial charge in [-0.15, -0.1) is 0 Å². The molecule has 1 rings (SSSR count). The number of hydrogen-bond donors (Lipinski definition) is 3. The predicted octanol–water partition coefficient (Wildman–Crippen LogP) is 4.72. The van der Waals surface area contributed by atoms with Crippen LogP contribution >= 0.6 is 12.2 Å². The highest BCUT2D eigenvalue weighted by atomic mass is 32.1. The Labute approximate surface area is 158 Å². The van der Waals surface area contributed by atoms with E-state index in [-0.39, 0.29) is 5.91 Å². The number of nitrogens with one attached hydrogen (secondary N) is 3. The lowest BCUT2D eigenvalue weighted by Gasteiger charge is -2.11. The molecule has 4 nitrogen and oxygen atoms in total. The summed E-state index contributed by atoms with van der Waals surface area (Å²) >= 11 is 5.16. The summed E-state index contributed by atoms with van der Waals surface area (Å²) in [5.74, 6) is -0.191. The molecule has 0 bridgehead atoms. The van der Waals surface area contributed by atoms with Crippen molar-refractivity contribution >= 4 is 23.2 Å². The minimum absolute atomic E-state index is 0.191. The Bertz CT molecular complexity index is 479. The molecule has 5 heteroatoms. The molecule has 0 aromatic heterocycles. The number of carbonyl (C=O) groups excluding carboxylic acids is 1. The monoisotopic (exact) mass is 363 g/mol. The number of hydrogen-bond acceptors (Lipinski definition) is 2. The largest absolute Gasteiger partial charge is 0.361 e. The third-order valence-corrected chi connectivity index (χ3v) is 4.39. The van der Waals surface area contributed by atoms with E-state index in [1.165, 1.54) is 57.8 Å². The fraction of sp³-hybridized carbons (Fsp3) is 0.600. The van der Waals surface area contributed by atoms with E-state index in [4.69, 9.17) is 12.2 Å². The van der Waals surface area contributed by atoms with Crippen LogP contribution in [0.5, 0.6) is 0 Å². The summed E-state index contributed by atoms with van der Waals surface area (Å²) in [5, 5.41) is 3.58. The molecule has 1 aromatic carbocycles. The van der Waals surface area contributed by atoms with Crippen LogP contribution in [-0.2, 0) is 0 Å². The van der Waals surface area contributed by atoms with E-state index in [1.54, 1.807) is 12.1 Å². The fourth-order valence-electron chi connectivity index (χ4n) is 2.63. The van der Waals surface area contributed by atoms with Crippen LogP contribution in [0, 0.1) is 0 Å². The summed E-state index contributed by atoms with van der Waals surface area (Å²) in [6, 6.07) is 9.06. The van der Waals surface area contributed by atoms with Gasteiger partial charge < -0.3 is 5.32 Å². The number of benzene rings is 1. The average molecular weight is 364 g/mol.